The molecular formula is C26H40N2O7S. The molecule has 36 heavy (non-hydrogen) atoms. The molecule has 10 heteroatoms. The second kappa shape index (κ2) is 16.8. The minimum atomic E-state index is -1.18. The van der Waals surface area contributed by atoms with Crippen molar-refractivity contribution in [1.29, 1.82) is 0 Å². The Balaban J connectivity index is 2.82. The Kier molecular flexibility index (Phi) is 14.6. The maximum Gasteiger partial charge on any atom is 0.305 e. The van der Waals surface area contributed by atoms with Gasteiger partial charge in [0.05, 0.1) is 38.9 Å². The molecule has 0 aliphatic rings. The molecule has 1 rings (SSSR count). The van der Waals surface area contributed by atoms with Gasteiger partial charge in [-0.3, -0.25) is 19.2 Å². The summed E-state index contributed by atoms with van der Waals surface area (Å²) in [5.41, 5.74) is 0.590. The van der Waals surface area contributed by atoms with Crippen molar-refractivity contribution in [1.82, 2.24) is 10.6 Å². The normalized spacial score (nSPS) is 12.5. The van der Waals surface area contributed by atoms with Crippen LogP contribution in [0.15, 0.2) is 18.2 Å². The number of aliphatic carboxylic acids is 1. The summed E-state index contributed by atoms with van der Waals surface area (Å²) in [6.45, 7) is 5.64. The molecule has 2 unspecified atom stereocenters. The van der Waals surface area contributed by atoms with Crippen LogP contribution >= 0.6 is 11.8 Å². The summed E-state index contributed by atoms with van der Waals surface area (Å²) in [5.74, 6) is -0.836. The molecule has 0 saturated carbocycles. The Morgan fingerprint density at radius 1 is 1.03 bits per heavy atom. The molecule has 2 amide bonds. The van der Waals surface area contributed by atoms with Crippen LogP contribution in [0, 0.1) is 5.92 Å². The van der Waals surface area contributed by atoms with Gasteiger partial charge in [0, 0.05) is 5.56 Å². The number of benzene rings is 1. The fourth-order valence-corrected chi connectivity index (χ4v) is 4.49. The van der Waals surface area contributed by atoms with Crippen LogP contribution in [-0.4, -0.2) is 66.5 Å². The lowest BCUT2D eigenvalue weighted by Crippen LogP contribution is -2.54. The monoisotopic (exact) mass is 524 g/mol. The number of unbranched alkanes of at least 4 members (excludes halogenated alkanes) is 3. The molecule has 0 aromatic heterocycles. The van der Waals surface area contributed by atoms with Crippen LogP contribution in [0.5, 0.6) is 11.5 Å². The minimum absolute atomic E-state index is 0.0525. The summed E-state index contributed by atoms with van der Waals surface area (Å²) in [7, 11) is 3.02. The van der Waals surface area contributed by atoms with E-state index < -0.39 is 36.3 Å². The van der Waals surface area contributed by atoms with Crippen molar-refractivity contribution in [2.24, 2.45) is 5.92 Å². The van der Waals surface area contributed by atoms with Gasteiger partial charge in [0.15, 0.2) is 5.78 Å². The molecule has 0 radical (unpaired) electrons. The largest absolute Gasteiger partial charge is 0.497 e. The van der Waals surface area contributed by atoms with Crippen LogP contribution in [0.4, 0.5) is 0 Å². The lowest BCUT2D eigenvalue weighted by atomic mass is 10.0. The Labute approximate surface area is 218 Å². The van der Waals surface area contributed by atoms with Gasteiger partial charge in [-0.05, 0) is 36.3 Å². The van der Waals surface area contributed by atoms with E-state index in [4.69, 9.17) is 9.47 Å². The quantitative estimate of drug-likeness (QED) is 0.250. The zero-order valence-electron chi connectivity index (χ0n) is 21.9. The Hall–Kier alpha value is -2.75. The van der Waals surface area contributed by atoms with Crippen LogP contribution < -0.4 is 20.1 Å². The van der Waals surface area contributed by atoms with Crippen molar-refractivity contribution in [2.45, 2.75) is 71.4 Å². The highest BCUT2D eigenvalue weighted by Crippen LogP contribution is 2.24. The second-order valence-corrected chi connectivity index (χ2v) is 9.99. The molecule has 1 aromatic rings. The van der Waals surface area contributed by atoms with E-state index in [1.807, 2.05) is 0 Å². The van der Waals surface area contributed by atoms with Gasteiger partial charge in [0.25, 0.3) is 0 Å². The molecule has 2 atom stereocenters. The molecule has 0 fully saturated rings. The van der Waals surface area contributed by atoms with Gasteiger partial charge >= 0.3 is 5.97 Å². The number of nitrogens with one attached hydrogen (secondary N) is 2. The minimum Gasteiger partial charge on any atom is -0.497 e. The average Bonchev–Trinajstić information content (AvgIpc) is 2.83. The topological polar surface area (TPSA) is 131 Å². The third-order valence-corrected chi connectivity index (χ3v) is 6.64. The summed E-state index contributed by atoms with van der Waals surface area (Å²) in [6.07, 6.45) is 3.77. The predicted molar refractivity (Wildman–Crippen MR) is 141 cm³/mol. The molecule has 3 N–H and O–H groups in total. The first-order chi connectivity index (χ1) is 17.1. The number of hydrogen-bond donors (Lipinski definition) is 3. The van der Waals surface area contributed by atoms with Crippen molar-refractivity contribution in [2.75, 3.05) is 25.7 Å². The summed E-state index contributed by atoms with van der Waals surface area (Å²) in [5, 5.41) is 14.5. The number of hydrogen-bond acceptors (Lipinski definition) is 7. The van der Waals surface area contributed by atoms with E-state index in [1.54, 1.807) is 32.0 Å². The van der Waals surface area contributed by atoms with Gasteiger partial charge < -0.3 is 25.2 Å². The Morgan fingerprint density at radius 3 is 2.33 bits per heavy atom. The smallest absolute Gasteiger partial charge is 0.305 e. The van der Waals surface area contributed by atoms with Crippen molar-refractivity contribution in [3.8, 4) is 11.5 Å². The SMILES string of the molecule is CCCCCCSCC(=O)C(CC(=O)O)NC(=O)C(NC(=O)Cc1cc(OC)ccc1OC)C(C)C. The average molecular weight is 525 g/mol. The van der Waals surface area contributed by atoms with E-state index in [-0.39, 0.29) is 23.9 Å². The first-order valence-electron chi connectivity index (χ1n) is 12.3. The van der Waals surface area contributed by atoms with Gasteiger partial charge in [-0.2, -0.15) is 11.8 Å². The molecule has 0 saturated heterocycles. The second-order valence-electron chi connectivity index (χ2n) is 8.88. The Bertz CT molecular complexity index is 876. The van der Waals surface area contributed by atoms with E-state index in [9.17, 15) is 24.3 Å². The number of ether oxygens (including phenoxy) is 2. The lowest BCUT2D eigenvalue weighted by molar-refractivity contribution is -0.140. The number of carbonyl (C=O) groups excluding carboxylic acids is 3. The summed E-state index contributed by atoms with van der Waals surface area (Å²) in [6, 6.07) is 2.99. The molecule has 0 spiro atoms. The van der Waals surface area contributed by atoms with Crippen LogP contribution in [0.25, 0.3) is 0 Å². The highest BCUT2D eigenvalue weighted by atomic mass is 32.2. The number of carboxylic acid groups (broad SMARTS) is 1. The summed E-state index contributed by atoms with van der Waals surface area (Å²) in [4.78, 5) is 49.8. The van der Waals surface area contributed by atoms with E-state index in [0.717, 1.165) is 31.4 Å². The van der Waals surface area contributed by atoms with Gasteiger partial charge in [-0.25, -0.2) is 0 Å². The fourth-order valence-electron chi connectivity index (χ4n) is 3.54. The van der Waals surface area contributed by atoms with Crippen LogP contribution in [0.1, 0.15) is 58.4 Å². The standard InChI is InChI=1S/C26H40N2O7S/c1-6-7-8-9-12-36-16-21(29)20(15-24(31)32)27-26(33)25(17(2)3)28-23(30)14-18-13-19(34-4)10-11-22(18)35-5/h10-11,13,17,20,25H,6-9,12,14-16H2,1-5H3,(H,27,33)(H,28,30)(H,31,32). The summed E-state index contributed by atoms with van der Waals surface area (Å²) >= 11 is 1.44. The van der Waals surface area contributed by atoms with Crippen molar-refractivity contribution in [3.63, 3.8) is 0 Å². The van der Waals surface area contributed by atoms with E-state index >= 15 is 0 Å². The molecule has 0 bridgehead atoms. The molecule has 0 aliphatic heterocycles. The van der Waals surface area contributed by atoms with Crippen LogP contribution in [-0.2, 0) is 25.6 Å². The van der Waals surface area contributed by atoms with E-state index in [2.05, 4.69) is 17.6 Å². The van der Waals surface area contributed by atoms with Gasteiger partial charge in [0.2, 0.25) is 11.8 Å². The summed E-state index contributed by atoms with van der Waals surface area (Å²) < 4.78 is 10.5. The van der Waals surface area contributed by atoms with Crippen molar-refractivity contribution in [3.05, 3.63) is 23.8 Å². The van der Waals surface area contributed by atoms with Crippen molar-refractivity contribution >= 4 is 35.3 Å². The first-order valence-corrected chi connectivity index (χ1v) is 13.4. The van der Waals surface area contributed by atoms with E-state index in [0.29, 0.717) is 17.1 Å². The van der Waals surface area contributed by atoms with Crippen LogP contribution in [0.2, 0.25) is 0 Å². The predicted octanol–water partition coefficient (Wildman–Crippen LogP) is 3.23. The van der Waals surface area contributed by atoms with Crippen LogP contribution in [0.3, 0.4) is 0 Å². The lowest BCUT2D eigenvalue weighted by Gasteiger charge is -2.25. The molecule has 0 heterocycles. The molecular weight excluding hydrogens is 484 g/mol. The first kappa shape index (κ1) is 31.3. The number of rotatable bonds is 18. The zero-order valence-corrected chi connectivity index (χ0v) is 22.7. The number of carbonyl (C=O) groups is 4. The number of methoxy groups -OCH3 is 2. The van der Waals surface area contributed by atoms with Gasteiger partial charge in [-0.15, -0.1) is 0 Å². The van der Waals surface area contributed by atoms with Gasteiger partial charge in [0.1, 0.15) is 17.5 Å². The third kappa shape index (κ3) is 11.3. The maximum atomic E-state index is 13.0. The fraction of sp³-hybridized carbons (Fsp3) is 0.615. The number of amides is 2. The number of carboxylic acids is 1. The maximum absolute atomic E-state index is 13.0. The Morgan fingerprint density at radius 2 is 1.75 bits per heavy atom. The van der Waals surface area contributed by atoms with Crippen molar-refractivity contribution < 1.29 is 33.8 Å². The molecule has 202 valence electrons. The third-order valence-electron chi connectivity index (χ3n) is 5.57. The molecule has 1 aromatic carbocycles. The van der Waals surface area contributed by atoms with Gasteiger partial charge in [-0.1, -0.05) is 40.0 Å². The highest BCUT2D eigenvalue weighted by molar-refractivity contribution is 7.99. The number of ketones is 1. The zero-order chi connectivity index (χ0) is 27.1. The number of Topliss-reactive ketones (excluding diaryl/α,β-unsaturated/α-hetero) is 1. The molecule has 9 nitrogen and oxygen atoms in total. The number of thioether (sulfide) groups is 1. The molecule has 0 aliphatic carbocycles. The van der Waals surface area contributed by atoms with E-state index in [1.165, 1.54) is 26.0 Å². The highest BCUT2D eigenvalue weighted by Gasteiger charge is 2.30.